The summed E-state index contributed by atoms with van der Waals surface area (Å²) in [5.41, 5.74) is 2.95. The van der Waals surface area contributed by atoms with Gasteiger partial charge in [0.25, 0.3) is 5.69 Å². The van der Waals surface area contributed by atoms with E-state index in [9.17, 15) is 14.9 Å². The molecule has 1 heterocycles. The van der Waals surface area contributed by atoms with Gasteiger partial charge in [0.1, 0.15) is 0 Å². The molecular formula is C24H25N3O4. The Morgan fingerprint density at radius 3 is 2.52 bits per heavy atom. The maximum Gasteiger partial charge on any atom is 0.269 e. The molecule has 3 aromatic rings. The van der Waals surface area contributed by atoms with Gasteiger partial charge in [-0.25, -0.2) is 0 Å². The van der Waals surface area contributed by atoms with Gasteiger partial charge in [0.15, 0.2) is 0 Å². The minimum Gasteiger partial charge on any atom is -0.383 e. The maximum absolute atomic E-state index is 12.9. The van der Waals surface area contributed by atoms with Crippen LogP contribution >= 0.6 is 0 Å². The predicted molar refractivity (Wildman–Crippen MR) is 119 cm³/mol. The summed E-state index contributed by atoms with van der Waals surface area (Å²) >= 11 is 0. The van der Waals surface area contributed by atoms with E-state index in [4.69, 9.17) is 4.74 Å². The summed E-state index contributed by atoms with van der Waals surface area (Å²) in [7, 11) is 1.60. The topological polar surface area (TPSA) is 77.6 Å². The average molecular weight is 419 g/mol. The number of methoxy groups -OCH3 is 1. The van der Waals surface area contributed by atoms with Crippen molar-refractivity contribution in [2.24, 2.45) is 0 Å². The molecule has 0 atom stereocenters. The van der Waals surface area contributed by atoms with Gasteiger partial charge in [-0.1, -0.05) is 30.3 Å². The van der Waals surface area contributed by atoms with Gasteiger partial charge >= 0.3 is 0 Å². The number of nitro benzene ring substituents is 1. The number of non-ortho nitro benzene ring substituents is 1. The Morgan fingerprint density at radius 1 is 1.10 bits per heavy atom. The van der Waals surface area contributed by atoms with Gasteiger partial charge in [-0.05, 0) is 41.5 Å². The molecule has 1 aromatic heterocycles. The Hall–Kier alpha value is -3.71. The van der Waals surface area contributed by atoms with Crippen LogP contribution in [0.3, 0.4) is 0 Å². The first kappa shape index (κ1) is 22.0. The number of nitrogens with zero attached hydrogens (tertiary/aromatic N) is 3. The third-order valence-corrected chi connectivity index (χ3v) is 4.87. The van der Waals surface area contributed by atoms with E-state index in [-0.39, 0.29) is 11.6 Å². The number of hydrogen-bond acceptors (Lipinski definition) is 4. The van der Waals surface area contributed by atoms with E-state index in [1.54, 1.807) is 30.2 Å². The summed E-state index contributed by atoms with van der Waals surface area (Å²) in [5, 5.41) is 10.8. The van der Waals surface area contributed by atoms with Crippen molar-refractivity contribution in [3.63, 3.8) is 0 Å². The number of carbonyl (C=O) groups is 1. The molecule has 0 aliphatic carbocycles. The number of hydrogen-bond donors (Lipinski definition) is 0. The van der Waals surface area contributed by atoms with Crippen LogP contribution in [0.2, 0.25) is 0 Å². The second-order valence-corrected chi connectivity index (χ2v) is 7.05. The zero-order chi connectivity index (χ0) is 22.1. The van der Waals surface area contributed by atoms with Crippen LogP contribution in [0.15, 0.2) is 79.0 Å². The summed E-state index contributed by atoms with van der Waals surface area (Å²) in [6.45, 7) is 2.06. The lowest BCUT2D eigenvalue weighted by Crippen LogP contribution is -2.33. The molecule has 0 aliphatic rings. The normalized spacial score (nSPS) is 11.0. The van der Waals surface area contributed by atoms with Gasteiger partial charge in [-0.2, -0.15) is 0 Å². The van der Waals surface area contributed by atoms with Crippen LogP contribution in [0.1, 0.15) is 16.8 Å². The molecular weight excluding hydrogens is 394 g/mol. The maximum atomic E-state index is 12.9. The van der Waals surface area contributed by atoms with Crippen LogP contribution in [-0.4, -0.2) is 40.6 Å². The lowest BCUT2D eigenvalue weighted by Gasteiger charge is -2.22. The van der Waals surface area contributed by atoms with Gasteiger partial charge in [0, 0.05) is 50.3 Å². The highest BCUT2D eigenvalue weighted by Gasteiger charge is 2.14. The minimum absolute atomic E-state index is 0.0179. The SMILES string of the molecule is COCCN(Cc1cccn1Cc1ccccc1)C(=O)C=Cc1ccc([N+](=O)[O-])cc1. The van der Waals surface area contributed by atoms with E-state index in [0.29, 0.717) is 19.7 Å². The van der Waals surface area contributed by atoms with Crippen LogP contribution in [-0.2, 0) is 22.6 Å². The zero-order valence-corrected chi connectivity index (χ0v) is 17.4. The van der Waals surface area contributed by atoms with Crippen molar-refractivity contribution in [2.75, 3.05) is 20.3 Å². The highest BCUT2D eigenvalue weighted by molar-refractivity contribution is 5.91. The van der Waals surface area contributed by atoms with E-state index >= 15 is 0 Å². The Morgan fingerprint density at radius 2 is 1.84 bits per heavy atom. The Balaban J connectivity index is 1.70. The Labute approximate surface area is 181 Å². The Bertz CT molecular complexity index is 1030. The fourth-order valence-corrected chi connectivity index (χ4v) is 3.17. The van der Waals surface area contributed by atoms with Crippen molar-refractivity contribution in [3.05, 3.63) is 106 Å². The molecule has 0 saturated carbocycles. The van der Waals surface area contributed by atoms with Crippen LogP contribution in [0, 0.1) is 10.1 Å². The van der Waals surface area contributed by atoms with Crippen LogP contribution in [0.4, 0.5) is 5.69 Å². The quantitative estimate of drug-likeness (QED) is 0.281. The van der Waals surface area contributed by atoms with E-state index in [1.165, 1.54) is 23.8 Å². The summed E-state index contributed by atoms with van der Waals surface area (Å²) in [4.78, 5) is 24.9. The third-order valence-electron chi connectivity index (χ3n) is 4.87. The smallest absolute Gasteiger partial charge is 0.269 e. The van der Waals surface area contributed by atoms with Gasteiger partial charge in [0.2, 0.25) is 5.91 Å². The van der Waals surface area contributed by atoms with Crippen molar-refractivity contribution in [3.8, 4) is 0 Å². The monoisotopic (exact) mass is 419 g/mol. The van der Waals surface area contributed by atoms with Crippen molar-refractivity contribution >= 4 is 17.7 Å². The minimum atomic E-state index is -0.449. The van der Waals surface area contributed by atoms with E-state index in [1.807, 2.05) is 36.5 Å². The first-order chi connectivity index (χ1) is 15.1. The van der Waals surface area contributed by atoms with Crippen LogP contribution < -0.4 is 0 Å². The second-order valence-electron chi connectivity index (χ2n) is 7.05. The third kappa shape index (κ3) is 6.38. The van der Waals surface area contributed by atoms with E-state index in [0.717, 1.165) is 17.8 Å². The molecule has 0 saturated heterocycles. The van der Waals surface area contributed by atoms with Crippen molar-refractivity contribution in [1.29, 1.82) is 0 Å². The summed E-state index contributed by atoms with van der Waals surface area (Å²) in [6.07, 6.45) is 5.16. The molecule has 7 heteroatoms. The zero-order valence-electron chi connectivity index (χ0n) is 17.4. The highest BCUT2D eigenvalue weighted by atomic mass is 16.6. The Kier molecular flexibility index (Phi) is 7.73. The fourth-order valence-electron chi connectivity index (χ4n) is 3.17. The molecule has 7 nitrogen and oxygen atoms in total. The largest absolute Gasteiger partial charge is 0.383 e. The first-order valence-electron chi connectivity index (χ1n) is 9.95. The molecule has 0 N–H and O–H groups in total. The van der Waals surface area contributed by atoms with Gasteiger partial charge in [-0.3, -0.25) is 14.9 Å². The number of ether oxygens (including phenoxy) is 1. The number of amides is 1. The molecule has 0 radical (unpaired) electrons. The lowest BCUT2D eigenvalue weighted by atomic mass is 10.2. The lowest BCUT2D eigenvalue weighted by molar-refractivity contribution is -0.384. The van der Waals surface area contributed by atoms with E-state index in [2.05, 4.69) is 16.7 Å². The summed E-state index contributed by atoms with van der Waals surface area (Å²) < 4.78 is 7.30. The molecule has 31 heavy (non-hydrogen) atoms. The van der Waals surface area contributed by atoms with E-state index < -0.39 is 4.92 Å². The van der Waals surface area contributed by atoms with Crippen molar-refractivity contribution in [2.45, 2.75) is 13.1 Å². The first-order valence-corrected chi connectivity index (χ1v) is 9.95. The van der Waals surface area contributed by atoms with Gasteiger partial charge in [-0.15, -0.1) is 0 Å². The second kappa shape index (κ2) is 10.9. The number of carbonyl (C=O) groups excluding carboxylic acids is 1. The molecule has 1 amide bonds. The number of aromatic nitrogens is 1. The predicted octanol–water partition coefficient (Wildman–Crippen LogP) is 4.13. The standard InChI is InChI=1S/C24H25N3O4/c1-31-17-16-26(24(28)14-11-20-9-12-22(13-10-20)27(29)30)19-23-8-5-15-25(23)18-21-6-3-2-4-7-21/h2-15H,16-19H2,1H3. The number of rotatable bonds is 10. The molecule has 0 spiro atoms. The highest BCUT2D eigenvalue weighted by Crippen LogP contribution is 2.14. The molecule has 0 bridgehead atoms. The van der Waals surface area contributed by atoms with Crippen LogP contribution in [0.5, 0.6) is 0 Å². The molecule has 2 aromatic carbocycles. The molecule has 0 fully saturated rings. The van der Waals surface area contributed by atoms with Gasteiger partial charge < -0.3 is 14.2 Å². The molecule has 0 aliphatic heterocycles. The van der Waals surface area contributed by atoms with Gasteiger partial charge in [0.05, 0.1) is 18.1 Å². The van der Waals surface area contributed by atoms with Crippen molar-refractivity contribution in [1.82, 2.24) is 9.47 Å². The molecule has 3 rings (SSSR count). The average Bonchev–Trinajstić information content (AvgIpc) is 3.22. The number of benzene rings is 2. The summed E-state index contributed by atoms with van der Waals surface area (Å²) in [5.74, 6) is -0.150. The van der Waals surface area contributed by atoms with Crippen molar-refractivity contribution < 1.29 is 14.5 Å². The molecule has 160 valence electrons. The van der Waals surface area contributed by atoms with Crippen LogP contribution in [0.25, 0.3) is 6.08 Å². The number of nitro groups is 1. The fraction of sp³-hybridized carbons (Fsp3) is 0.208. The summed E-state index contributed by atoms with van der Waals surface area (Å²) in [6, 6.07) is 20.2. The molecule has 0 unspecified atom stereocenters.